The highest BCUT2D eigenvalue weighted by Gasteiger charge is 2.18. The summed E-state index contributed by atoms with van der Waals surface area (Å²) < 4.78 is 0. The van der Waals surface area contributed by atoms with Crippen LogP contribution in [-0.2, 0) is 12.8 Å². The first-order valence-corrected chi connectivity index (χ1v) is 12.6. The van der Waals surface area contributed by atoms with Crippen molar-refractivity contribution in [2.75, 3.05) is 24.7 Å². The molecule has 184 valence electrons. The molecule has 0 spiro atoms. The smallest absolute Gasteiger partial charge is 0.0843 e. The highest BCUT2D eigenvalue weighted by atomic mass is 15.2. The number of benzene rings is 2. The van der Waals surface area contributed by atoms with Gasteiger partial charge in [0.2, 0.25) is 0 Å². The molecule has 1 aromatic heterocycles. The maximum absolute atomic E-state index is 4.16. The molecule has 2 N–H and O–H groups in total. The van der Waals surface area contributed by atoms with Crippen LogP contribution in [0.15, 0.2) is 97.1 Å². The van der Waals surface area contributed by atoms with E-state index in [9.17, 15) is 0 Å². The average molecular weight is 469 g/mol. The van der Waals surface area contributed by atoms with Crippen molar-refractivity contribution in [3.8, 4) is 11.1 Å². The monoisotopic (exact) mass is 468 g/mol. The topological polar surface area (TPSA) is 40.2 Å². The van der Waals surface area contributed by atoms with Crippen LogP contribution in [0.2, 0.25) is 0 Å². The Labute approximate surface area is 211 Å². The third kappa shape index (κ3) is 8.32. The third-order valence-corrected chi connectivity index (χ3v) is 5.83. The Hall–Kier alpha value is -3.53. The zero-order valence-electron chi connectivity index (χ0n) is 21.7. The molecule has 4 heteroatoms. The first kappa shape index (κ1) is 26.1. The Balaban J connectivity index is 0.000000795. The number of nitrogens with zero attached hydrogens (tertiary/aromatic N) is 2. The lowest BCUT2D eigenvalue weighted by atomic mass is 9.98. The third-order valence-electron chi connectivity index (χ3n) is 5.83. The predicted octanol–water partition coefficient (Wildman–Crippen LogP) is 6.57. The van der Waals surface area contributed by atoms with Crippen LogP contribution in [0.5, 0.6) is 0 Å². The van der Waals surface area contributed by atoms with Crippen molar-refractivity contribution in [2.24, 2.45) is 5.92 Å². The summed E-state index contributed by atoms with van der Waals surface area (Å²) in [5, 5.41) is 6.73. The van der Waals surface area contributed by atoms with Gasteiger partial charge in [0.25, 0.3) is 0 Å². The van der Waals surface area contributed by atoms with Crippen LogP contribution in [0.3, 0.4) is 0 Å². The van der Waals surface area contributed by atoms with Gasteiger partial charge in [0.05, 0.1) is 13.2 Å². The van der Waals surface area contributed by atoms with Crippen LogP contribution < -0.4 is 15.5 Å². The van der Waals surface area contributed by atoms with Gasteiger partial charge < -0.3 is 15.5 Å². The maximum atomic E-state index is 4.16. The van der Waals surface area contributed by atoms with E-state index in [-0.39, 0.29) is 0 Å². The molecule has 1 aliphatic rings. The first-order chi connectivity index (χ1) is 17.0. The van der Waals surface area contributed by atoms with Crippen LogP contribution >= 0.6 is 0 Å². The van der Waals surface area contributed by atoms with E-state index >= 15 is 0 Å². The van der Waals surface area contributed by atoms with E-state index in [1.165, 1.54) is 39.2 Å². The van der Waals surface area contributed by atoms with Crippen molar-refractivity contribution in [2.45, 2.75) is 40.5 Å². The summed E-state index contributed by atoms with van der Waals surface area (Å²) in [5.74, 6) is 0.543. The van der Waals surface area contributed by atoms with Crippen molar-refractivity contribution < 1.29 is 0 Å². The summed E-state index contributed by atoms with van der Waals surface area (Å²) in [6, 6.07) is 21.8. The normalized spacial score (nSPS) is 13.0. The molecular formula is C31H40N4. The lowest BCUT2D eigenvalue weighted by molar-refractivity contribution is 0.561. The lowest BCUT2D eigenvalue weighted by Gasteiger charge is -2.30. The van der Waals surface area contributed by atoms with Gasteiger partial charge in [0.1, 0.15) is 0 Å². The Morgan fingerprint density at radius 2 is 1.74 bits per heavy atom. The Bertz CT molecular complexity index is 1090. The second kappa shape index (κ2) is 13.4. The number of nitrogens with one attached hydrogen (secondary N) is 2. The molecule has 0 aliphatic carbocycles. The molecule has 3 aromatic rings. The average Bonchev–Trinajstić information content (AvgIpc) is 3.37. The van der Waals surface area contributed by atoms with E-state index in [1.807, 2.05) is 26.2 Å². The van der Waals surface area contributed by atoms with Gasteiger partial charge in [-0.2, -0.15) is 0 Å². The van der Waals surface area contributed by atoms with Gasteiger partial charge in [0.15, 0.2) is 0 Å². The van der Waals surface area contributed by atoms with Gasteiger partial charge in [-0.15, -0.1) is 6.58 Å². The molecule has 0 saturated heterocycles. The second-order valence-corrected chi connectivity index (χ2v) is 9.54. The van der Waals surface area contributed by atoms with Crippen LogP contribution in [0, 0.1) is 5.92 Å². The van der Waals surface area contributed by atoms with Gasteiger partial charge in [-0.25, -0.2) is 0 Å². The molecule has 1 unspecified atom stereocenters. The Morgan fingerprint density at radius 3 is 2.37 bits per heavy atom. The highest BCUT2D eigenvalue weighted by Crippen LogP contribution is 2.29. The van der Waals surface area contributed by atoms with E-state index in [4.69, 9.17) is 0 Å². The molecule has 2 aromatic carbocycles. The van der Waals surface area contributed by atoms with Crippen LogP contribution in [0.25, 0.3) is 11.1 Å². The number of allylic oxidation sites excluding steroid dienone is 1. The second-order valence-electron chi connectivity index (χ2n) is 9.54. The number of pyridine rings is 1. The maximum Gasteiger partial charge on any atom is 0.0843 e. The molecule has 35 heavy (non-hydrogen) atoms. The minimum atomic E-state index is 0.543. The molecule has 1 aliphatic heterocycles. The van der Waals surface area contributed by atoms with Crippen molar-refractivity contribution >= 4 is 5.69 Å². The quantitative estimate of drug-likeness (QED) is 0.348. The summed E-state index contributed by atoms with van der Waals surface area (Å²) in [5.41, 5.74) is 8.98. The fraction of sp³-hybridized carbons (Fsp3) is 0.323. The van der Waals surface area contributed by atoms with Gasteiger partial charge in [-0.3, -0.25) is 4.98 Å². The largest absolute Gasteiger partial charge is 0.372 e. The zero-order chi connectivity index (χ0) is 25.0. The van der Waals surface area contributed by atoms with Crippen molar-refractivity contribution in [1.82, 2.24) is 15.6 Å². The highest BCUT2D eigenvalue weighted by molar-refractivity contribution is 5.69. The SMILES string of the molecule is C=C(C)C.CCc1cc(-c2ccncc2)ccc1N(CC1=CNCN1)CC(C)Cc1ccccc1. The van der Waals surface area contributed by atoms with Crippen molar-refractivity contribution in [3.63, 3.8) is 0 Å². The van der Waals surface area contributed by atoms with E-state index < -0.39 is 0 Å². The first-order valence-electron chi connectivity index (χ1n) is 12.6. The summed E-state index contributed by atoms with van der Waals surface area (Å²) in [6.45, 7) is 14.8. The fourth-order valence-electron chi connectivity index (χ4n) is 4.30. The van der Waals surface area contributed by atoms with Gasteiger partial charge in [-0.1, -0.05) is 55.8 Å². The molecule has 4 nitrogen and oxygen atoms in total. The Morgan fingerprint density at radius 1 is 1.03 bits per heavy atom. The van der Waals surface area contributed by atoms with E-state index in [0.717, 1.165) is 32.6 Å². The van der Waals surface area contributed by atoms with Gasteiger partial charge in [0, 0.05) is 36.5 Å². The van der Waals surface area contributed by atoms with Crippen LogP contribution in [0.4, 0.5) is 5.69 Å². The number of aryl methyl sites for hydroxylation is 1. The number of anilines is 1. The minimum Gasteiger partial charge on any atom is -0.372 e. The van der Waals surface area contributed by atoms with Gasteiger partial charge >= 0.3 is 0 Å². The summed E-state index contributed by atoms with van der Waals surface area (Å²) >= 11 is 0. The Kier molecular flexibility index (Phi) is 9.97. The molecule has 0 amide bonds. The van der Waals surface area contributed by atoms with Crippen LogP contribution in [-0.4, -0.2) is 24.7 Å². The zero-order valence-corrected chi connectivity index (χ0v) is 21.7. The van der Waals surface area contributed by atoms with E-state index in [2.05, 4.69) is 108 Å². The van der Waals surface area contributed by atoms with Crippen molar-refractivity contribution in [3.05, 3.63) is 108 Å². The molecule has 0 bridgehead atoms. The number of rotatable bonds is 9. The van der Waals surface area contributed by atoms with E-state index in [1.54, 1.807) is 0 Å². The molecule has 2 heterocycles. The molecule has 0 saturated carbocycles. The summed E-state index contributed by atoms with van der Waals surface area (Å²) in [4.78, 5) is 6.69. The standard InChI is InChI=1S/C27H32N4.C4H8/c1-3-23-16-25(24-11-13-28-14-12-24)9-10-27(23)31(19-26-17-29-20-30-26)18-21(2)15-22-7-5-4-6-8-22;1-4(2)3/h4-14,16-17,21,29-30H,3,15,18-20H2,1-2H3;1H2,2-3H3. The minimum absolute atomic E-state index is 0.543. The number of aromatic nitrogens is 1. The number of hydrogen-bond donors (Lipinski definition) is 2. The molecule has 4 rings (SSSR count). The molecular weight excluding hydrogens is 428 g/mol. The molecule has 1 atom stereocenters. The van der Waals surface area contributed by atoms with Crippen LogP contribution in [0.1, 0.15) is 38.8 Å². The predicted molar refractivity (Wildman–Crippen MR) is 150 cm³/mol. The summed E-state index contributed by atoms with van der Waals surface area (Å²) in [6.07, 6.45) is 7.91. The fourth-order valence-corrected chi connectivity index (χ4v) is 4.30. The number of hydrogen-bond acceptors (Lipinski definition) is 4. The van der Waals surface area contributed by atoms with E-state index in [0.29, 0.717) is 5.92 Å². The molecule has 0 fully saturated rings. The molecule has 0 radical (unpaired) electrons. The van der Waals surface area contributed by atoms with Gasteiger partial charge in [-0.05, 0) is 79.1 Å². The summed E-state index contributed by atoms with van der Waals surface area (Å²) in [7, 11) is 0. The lowest BCUT2D eigenvalue weighted by Crippen LogP contribution is -2.34. The van der Waals surface area contributed by atoms with Crippen molar-refractivity contribution in [1.29, 1.82) is 0 Å².